The van der Waals surface area contributed by atoms with Crippen molar-refractivity contribution in [3.8, 4) is 11.1 Å². The number of carboxylic acid groups (broad SMARTS) is 1. The van der Waals surface area contributed by atoms with Crippen LogP contribution in [0.25, 0.3) is 11.1 Å². The number of likely N-dealkylation sites (tertiary alicyclic amines) is 1. The Kier molecular flexibility index (Phi) is 6.08. The summed E-state index contributed by atoms with van der Waals surface area (Å²) in [5.41, 5.74) is 2.52. The average molecular weight is 434 g/mol. The Morgan fingerprint density at radius 2 is 1.59 bits per heavy atom. The maximum absolute atomic E-state index is 13.4. The second-order valence-electron chi connectivity index (χ2n) is 8.61. The molecule has 1 saturated carbocycles. The predicted octanol–water partition coefficient (Wildman–Crippen LogP) is 2.78. The molecule has 166 valence electrons. The molecule has 1 saturated heterocycles. The van der Waals surface area contributed by atoms with Gasteiger partial charge in [0.05, 0.1) is 5.54 Å². The predicted molar refractivity (Wildman–Crippen MR) is 117 cm³/mol. The van der Waals surface area contributed by atoms with Gasteiger partial charge in [0.15, 0.2) is 11.7 Å². The number of aliphatic carboxylic acids is 1. The Hall–Kier alpha value is -3.48. The molecule has 2 amide bonds. The molecule has 1 heterocycles. The van der Waals surface area contributed by atoms with Crippen molar-refractivity contribution in [3.63, 3.8) is 0 Å². The summed E-state index contributed by atoms with van der Waals surface area (Å²) in [4.78, 5) is 51.1. The van der Waals surface area contributed by atoms with Gasteiger partial charge >= 0.3 is 5.97 Å². The lowest BCUT2D eigenvalue weighted by molar-refractivity contribution is -0.160. The molecule has 7 heteroatoms. The number of amides is 2. The molecular weight excluding hydrogens is 408 g/mol. The van der Waals surface area contributed by atoms with Crippen molar-refractivity contribution in [1.29, 1.82) is 0 Å². The summed E-state index contributed by atoms with van der Waals surface area (Å²) in [5.74, 6) is -4.49. The number of carbonyl (C=O) groups is 4. The Morgan fingerprint density at radius 1 is 0.969 bits per heavy atom. The third-order valence-corrected chi connectivity index (χ3v) is 6.52. The van der Waals surface area contributed by atoms with E-state index in [1.807, 2.05) is 54.6 Å². The molecule has 2 aliphatic rings. The van der Waals surface area contributed by atoms with E-state index in [0.29, 0.717) is 6.54 Å². The minimum absolute atomic E-state index is 0.131. The van der Waals surface area contributed by atoms with Gasteiger partial charge < -0.3 is 15.3 Å². The summed E-state index contributed by atoms with van der Waals surface area (Å²) >= 11 is 0. The minimum atomic E-state index is -1.48. The number of piperidine rings is 1. The topological polar surface area (TPSA) is 104 Å². The summed E-state index contributed by atoms with van der Waals surface area (Å²) in [7, 11) is 0. The quantitative estimate of drug-likeness (QED) is 0.681. The van der Waals surface area contributed by atoms with Gasteiger partial charge in [-0.2, -0.15) is 0 Å². The van der Waals surface area contributed by atoms with E-state index < -0.39 is 41.6 Å². The van der Waals surface area contributed by atoms with Gasteiger partial charge in [0.1, 0.15) is 6.54 Å². The molecule has 1 atom stereocenters. The van der Waals surface area contributed by atoms with Crippen molar-refractivity contribution in [2.45, 2.75) is 44.2 Å². The first-order chi connectivity index (χ1) is 15.4. The van der Waals surface area contributed by atoms with Crippen LogP contribution in [0.5, 0.6) is 0 Å². The molecule has 1 spiro atoms. The number of carboxylic acids is 1. The van der Waals surface area contributed by atoms with Gasteiger partial charge in [-0.3, -0.25) is 19.2 Å². The fourth-order valence-corrected chi connectivity index (χ4v) is 4.91. The van der Waals surface area contributed by atoms with Gasteiger partial charge in [-0.05, 0) is 29.5 Å². The molecule has 0 radical (unpaired) electrons. The van der Waals surface area contributed by atoms with E-state index in [1.165, 1.54) is 0 Å². The van der Waals surface area contributed by atoms with E-state index in [9.17, 15) is 19.2 Å². The minimum Gasteiger partial charge on any atom is -0.480 e. The molecule has 2 aromatic rings. The van der Waals surface area contributed by atoms with E-state index in [0.717, 1.165) is 42.4 Å². The van der Waals surface area contributed by atoms with Crippen LogP contribution in [-0.4, -0.2) is 45.7 Å². The van der Waals surface area contributed by atoms with Crippen LogP contribution in [0.1, 0.15) is 37.7 Å². The molecule has 1 aliphatic carbocycles. The zero-order valence-corrected chi connectivity index (χ0v) is 17.8. The second kappa shape index (κ2) is 8.94. The normalized spacial score (nSPS) is 19.9. The number of hydrogen-bond acceptors (Lipinski definition) is 4. The molecule has 1 aliphatic heterocycles. The summed E-state index contributed by atoms with van der Waals surface area (Å²) in [6.07, 6.45) is 3.46. The fraction of sp³-hybridized carbons (Fsp3) is 0.360. The molecule has 1 unspecified atom stereocenters. The largest absolute Gasteiger partial charge is 0.480 e. The molecular formula is C25H26N2O5. The standard InChI is InChI=1S/C25H26N2O5/c28-20-14-25(12-4-5-13-25)27(24(32)22(20)23(31)26-15-21(29)30)16-17-8-10-19(11-9-17)18-6-2-1-3-7-18/h1-3,6-11,22H,4-5,12-16H2,(H,26,31)(H,29,30). The van der Waals surface area contributed by atoms with Crippen LogP contribution in [0.15, 0.2) is 54.6 Å². The number of carbonyl (C=O) groups excluding carboxylic acids is 3. The number of nitrogens with one attached hydrogen (secondary N) is 1. The first kappa shape index (κ1) is 21.7. The molecule has 7 nitrogen and oxygen atoms in total. The van der Waals surface area contributed by atoms with Crippen LogP contribution in [0.4, 0.5) is 0 Å². The average Bonchev–Trinajstić information content (AvgIpc) is 3.25. The van der Waals surface area contributed by atoms with Crippen molar-refractivity contribution >= 4 is 23.6 Å². The monoisotopic (exact) mass is 434 g/mol. The number of Topliss-reactive ketones (excluding diaryl/α,β-unsaturated/α-hetero) is 1. The van der Waals surface area contributed by atoms with Crippen LogP contribution in [0, 0.1) is 5.92 Å². The van der Waals surface area contributed by atoms with E-state index in [2.05, 4.69) is 5.32 Å². The Balaban J connectivity index is 1.57. The van der Waals surface area contributed by atoms with E-state index in [4.69, 9.17) is 5.11 Å². The Bertz CT molecular complexity index is 1030. The SMILES string of the molecule is O=C(O)CNC(=O)C1C(=O)CC2(CCCC2)N(Cc2ccc(-c3ccccc3)cc2)C1=O. The summed E-state index contributed by atoms with van der Waals surface area (Å²) < 4.78 is 0. The number of benzene rings is 2. The highest BCUT2D eigenvalue weighted by Gasteiger charge is 2.53. The van der Waals surface area contributed by atoms with Gasteiger partial charge in [-0.15, -0.1) is 0 Å². The van der Waals surface area contributed by atoms with E-state index in [1.54, 1.807) is 4.90 Å². The van der Waals surface area contributed by atoms with Crippen LogP contribution < -0.4 is 5.32 Å². The van der Waals surface area contributed by atoms with Crippen LogP contribution in [-0.2, 0) is 25.7 Å². The van der Waals surface area contributed by atoms with Crippen molar-refractivity contribution in [2.24, 2.45) is 5.92 Å². The van der Waals surface area contributed by atoms with Gasteiger partial charge in [0, 0.05) is 13.0 Å². The summed E-state index contributed by atoms with van der Waals surface area (Å²) in [5, 5.41) is 11.0. The maximum atomic E-state index is 13.4. The zero-order valence-electron chi connectivity index (χ0n) is 17.8. The molecule has 0 aromatic heterocycles. The second-order valence-corrected chi connectivity index (χ2v) is 8.61. The molecule has 2 fully saturated rings. The van der Waals surface area contributed by atoms with Crippen molar-refractivity contribution in [2.75, 3.05) is 6.54 Å². The lowest BCUT2D eigenvalue weighted by Gasteiger charge is -2.46. The molecule has 2 aromatic carbocycles. The number of rotatable bonds is 6. The fourth-order valence-electron chi connectivity index (χ4n) is 4.91. The van der Waals surface area contributed by atoms with Gasteiger partial charge in [-0.1, -0.05) is 67.4 Å². The number of ketones is 1. The Labute approximate surface area is 186 Å². The highest BCUT2D eigenvalue weighted by atomic mass is 16.4. The van der Waals surface area contributed by atoms with Gasteiger partial charge in [0.25, 0.3) is 0 Å². The smallest absolute Gasteiger partial charge is 0.322 e. The lowest BCUT2D eigenvalue weighted by atomic mass is 9.78. The van der Waals surface area contributed by atoms with Crippen LogP contribution in [0.3, 0.4) is 0 Å². The van der Waals surface area contributed by atoms with Gasteiger partial charge in [-0.25, -0.2) is 0 Å². The first-order valence-electron chi connectivity index (χ1n) is 10.9. The Morgan fingerprint density at radius 3 is 2.22 bits per heavy atom. The molecule has 4 rings (SSSR count). The third kappa shape index (κ3) is 4.28. The maximum Gasteiger partial charge on any atom is 0.322 e. The highest BCUT2D eigenvalue weighted by Crippen LogP contribution is 2.43. The third-order valence-electron chi connectivity index (χ3n) is 6.52. The van der Waals surface area contributed by atoms with Crippen LogP contribution >= 0.6 is 0 Å². The van der Waals surface area contributed by atoms with Crippen molar-refractivity contribution < 1.29 is 24.3 Å². The first-order valence-corrected chi connectivity index (χ1v) is 10.9. The van der Waals surface area contributed by atoms with Crippen molar-refractivity contribution in [1.82, 2.24) is 10.2 Å². The van der Waals surface area contributed by atoms with E-state index in [-0.39, 0.29) is 6.42 Å². The zero-order chi connectivity index (χ0) is 22.7. The van der Waals surface area contributed by atoms with E-state index >= 15 is 0 Å². The van der Waals surface area contributed by atoms with Crippen LogP contribution in [0.2, 0.25) is 0 Å². The van der Waals surface area contributed by atoms with Crippen molar-refractivity contribution in [3.05, 3.63) is 60.2 Å². The summed E-state index contributed by atoms with van der Waals surface area (Å²) in [6, 6.07) is 17.9. The molecule has 32 heavy (non-hydrogen) atoms. The molecule has 0 bridgehead atoms. The van der Waals surface area contributed by atoms with Gasteiger partial charge in [0.2, 0.25) is 11.8 Å². The number of hydrogen-bond donors (Lipinski definition) is 2. The lowest BCUT2D eigenvalue weighted by Crippen LogP contribution is -2.61. The highest BCUT2D eigenvalue weighted by molar-refractivity contribution is 6.20. The molecule has 2 N–H and O–H groups in total. The number of nitrogens with zero attached hydrogens (tertiary/aromatic N) is 1. The summed E-state index contributed by atoms with van der Waals surface area (Å²) in [6.45, 7) is -0.314.